The van der Waals surface area contributed by atoms with Crippen LogP contribution in [-0.2, 0) is 6.54 Å². The smallest absolute Gasteiger partial charge is 0.137 e. The average Bonchev–Trinajstić information content (AvgIpc) is 2.41. The predicted octanol–water partition coefficient (Wildman–Crippen LogP) is 4.60. The summed E-state index contributed by atoms with van der Waals surface area (Å²) >= 11 is 3.18. The van der Waals surface area contributed by atoms with Gasteiger partial charge in [0, 0.05) is 18.3 Å². The molecule has 19 heavy (non-hydrogen) atoms. The van der Waals surface area contributed by atoms with Crippen LogP contribution < -0.4 is 10.1 Å². The predicted molar refractivity (Wildman–Crippen MR) is 79.0 cm³/mol. The van der Waals surface area contributed by atoms with Gasteiger partial charge in [0.2, 0.25) is 0 Å². The van der Waals surface area contributed by atoms with Crippen LogP contribution in [0.25, 0.3) is 0 Å². The molecule has 0 aliphatic rings. The van der Waals surface area contributed by atoms with E-state index in [1.807, 2.05) is 31.2 Å². The molecule has 0 saturated carbocycles. The molecular weight excluding hydrogens is 309 g/mol. The molecule has 2 rings (SSSR count). The summed E-state index contributed by atoms with van der Waals surface area (Å²) in [6.45, 7) is 3.24. The Morgan fingerprint density at radius 2 is 2.05 bits per heavy atom. The molecule has 100 valence electrons. The first-order chi connectivity index (χ1) is 9.19. The van der Waals surface area contributed by atoms with Crippen LogP contribution in [0.15, 0.2) is 46.9 Å². The average molecular weight is 324 g/mol. The third kappa shape index (κ3) is 3.96. The van der Waals surface area contributed by atoms with Gasteiger partial charge >= 0.3 is 0 Å². The summed E-state index contributed by atoms with van der Waals surface area (Å²) in [5, 5.41) is 3.28. The van der Waals surface area contributed by atoms with E-state index in [0.717, 1.165) is 17.0 Å². The highest BCUT2D eigenvalue weighted by molar-refractivity contribution is 9.10. The molecule has 0 unspecified atom stereocenters. The van der Waals surface area contributed by atoms with E-state index in [9.17, 15) is 4.39 Å². The van der Waals surface area contributed by atoms with Gasteiger partial charge in [0.15, 0.2) is 0 Å². The summed E-state index contributed by atoms with van der Waals surface area (Å²) in [6, 6.07) is 12.8. The molecule has 0 saturated heterocycles. The van der Waals surface area contributed by atoms with Gasteiger partial charge in [-0.05, 0) is 52.7 Å². The molecule has 2 aromatic carbocycles. The van der Waals surface area contributed by atoms with Crippen molar-refractivity contribution in [1.29, 1.82) is 0 Å². The van der Waals surface area contributed by atoms with Crippen LogP contribution in [0.2, 0.25) is 0 Å². The maximum atomic E-state index is 13.1. The summed E-state index contributed by atoms with van der Waals surface area (Å²) in [4.78, 5) is 0. The van der Waals surface area contributed by atoms with Crippen molar-refractivity contribution in [2.45, 2.75) is 13.5 Å². The normalized spacial score (nSPS) is 10.3. The molecule has 2 aromatic rings. The first-order valence-electron chi connectivity index (χ1n) is 6.09. The van der Waals surface area contributed by atoms with Crippen molar-refractivity contribution in [3.8, 4) is 5.75 Å². The molecule has 0 atom stereocenters. The Bertz CT molecular complexity index is 560. The number of rotatable bonds is 5. The maximum Gasteiger partial charge on any atom is 0.137 e. The summed E-state index contributed by atoms with van der Waals surface area (Å²) in [6.07, 6.45) is 0. The molecule has 0 aromatic heterocycles. The maximum absolute atomic E-state index is 13.1. The van der Waals surface area contributed by atoms with Gasteiger partial charge in [-0.25, -0.2) is 4.39 Å². The Balaban J connectivity index is 2.01. The summed E-state index contributed by atoms with van der Waals surface area (Å²) in [5.41, 5.74) is 1.99. The molecule has 0 spiro atoms. The van der Waals surface area contributed by atoms with Gasteiger partial charge in [0.1, 0.15) is 11.6 Å². The van der Waals surface area contributed by atoms with Crippen LogP contribution >= 0.6 is 15.9 Å². The van der Waals surface area contributed by atoms with E-state index in [4.69, 9.17) is 4.74 Å². The summed E-state index contributed by atoms with van der Waals surface area (Å²) < 4.78 is 19.0. The molecule has 4 heteroatoms. The topological polar surface area (TPSA) is 21.3 Å². The summed E-state index contributed by atoms with van der Waals surface area (Å²) in [7, 11) is 0. The van der Waals surface area contributed by atoms with Crippen molar-refractivity contribution in [1.82, 2.24) is 0 Å². The zero-order valence-electron chi connectivity index (χ0n) is 10.6. The minimum Gasteiger partial charge on any atom is -0.494 e. The van der Waals surface area contributed by atoms with Gasteiger partial charge in [-0.15, -0.1) is 0 Å². The molecule has 2 nitrogen and oxygen atoms in total. The Morgan fingerprint density at radius 1 is 1.21 bits per heavy atom. The Hall–Kier alpha value is -1.55. The van der Waals surface area contributed by atoms with Gasteiger partial charge in [0.05, 0.1) is 11.1 Å². The Labute approximate surface area is 120 Å². The van der Waals surface area contributed by atoms with Crippen molar-refractivity contribution in [3.63, 3.8) is 0 Å². The number of anilines is 1. The molecule has 0 fully saturated rings. The minimum atomic E-state index is -0.248. The van der Waals surface area contributed by atoms with E-state index >= 15 is 0 Å². The van der Waals surface area contributed by atoms with Crippen molar-refractivity contribution in [2.24, 2.45) is 0 Å². The second-order valence-corrected chi connectivity index (χ2v) is 4.92. The Kier molecular flexibility index (Phi) is 4.80. The lowest BCUT2D eigenvalue weighted by Gasteiger charge is -2.09. The number of ether oxygens (including phenoxy) is 1. The van der Waals surface area contributed by atoms with E-state index < -0.39 is 0 Å². The van der Waals surface area contributed by atoms with E-state index in [-0.39, 0.29) is 5.82 Å². The number of hydrogen-bond donors (Lipinski definition) is 1. The molecule has 0 heterocycles. The van der Waals surface area contributed by atoms with Crippen LogP contribution in [-0.4, -0.2) is 6.61 Å². The zero-order valence-corrected chi connectivity index (χ0v) is 12.2. The standard InChI is InChI=1S/C15H15BrFNO/c1-2-19-13-5-3-4-12(9-13)18-10-11-6-7-15(17)14(16)8-11/h3-9,18H,2,10H2,1H3. The number of halogens is 2. The minimum absolute atomic E-state index is 0.248. The molecule has 0 aliphatic carbocycles. The largest absolute Gasteiger partial charge is 0.494 e. The van der Waals surface area contributed by atoms with Crippen molar-refractivity contribution >= 4 is 21.6 Å². The highest BCUT2D eigenvalue weighted by atomic mass is 79.9. The lowest BCUT2D eigenvalue weighted by molar-refractivity contribution is 0.340. The quantitative estimate of drug-likeness (QED) is 0.868. The van der Waals surface area contributed by atoms with Crippen molar-refractivity contribution in [2.75, 3.05) is 11.9 Å². The number of nitrogens with one attached hydrogen (secondary N) is 1. The molecule has 1 N–H and O–H groups in total. The van der Waals surface area contributed by atoms with E-state index in [2.05, 4.69) is 21.2 Å². The van der Waals surface area contributed by atoms with Crippen LogP contribution in [0.4, 0.5) is 10.1 Å². The molecule has 0 radical (unpaired) electrons. The number of hydrogen-bond acceptors (Lipinski definition) is 2. The van der Waals surface area contributed by atoms with Crippen LogP contribution in [0.5, 0.6) is 5.75 Å². The lowest BCUT2D eigenvalue weighted by atomic mass is 10.2. The fourth-order valence-electron chi connectivity index (χ4n) is 1.72. The number of benzene rings is 2. The van der Waals surface area contributed by atoms with E-state index in [0.29, 0.717) is 17.6 Å². The van der Waals surface area contributed by atoms with Crippen LogP contribution in [0.3, 0.4) is 0 Å². The first kappa shape index (κ1) is 13.9. The highest BCUT2D eigenvalue weighted by Crippen LogP contribution is 2.20. The van der Waals surface area contributed by atoms with E-state index in [1.54, 1.807) is 12.1 Å². The zero-order chi connectivity index (χ0) is 13.7. The molecule has 0 amide bonds. The Morgan fingerprint density at radius 3 is 2.79 bits per heavy atom. The summed E-state index contributed by atoms with van der Waals surface area (Å²) in [5.74, 6) is 0.592. The van der Waals surface area contributed by atoms with Crippen molar-refractivity contribution in [3.05, 3.63) is 58.3 Å². The van der Waals surface area contributed by atoms with Gasteiger partial charge in [-0.3, -0.25) is 0 Å². The van der Waals surface area contributed by atoms with Gasteiger partial charge in [0.25, 0.3) is 0 Å². The third-order valence-corrected chi connectivity index (χ3v) is 3.23. The molecular formula is C15H15BrFNO. The van der Waals surface area contributed by atoms with Crippen LogP contribution in [0, 0.1) is 5.82 Å². The SMILES string of the molecule is CCOc1cccc(NCc2ccc(F)c(Br)c2)c1. The molecule has 0 aliphatic heterocycles. The van der Waals surface area contributed by atoms with Crippen molar-refractivity contribution < 1.29 is 9.13 Å². The van der Waals surface area contributed by atoms with Gasteiger partial charge < -0.3 is 10.1 Å². The fourth-order valence-corrected chi connectivity index (χ4v) is 2.14. The van der Waals surface area contributed by atoms with Crippen LogP contribution in [0.1, 0.15) is 12.5 Å². The third-order valence-electron chi connectivity index (χ3n) is 2.63. The second kappa shape index (κ2) is 6.57. The van der Waals surface area contributed by atoms with Gasteiger partial charge in [-0.2, -0.15) is 0 Å². The highest BCUT2D eigenvalue weighted by Gasteiger charge is 2.01. The van der Waals surface area contributed by atoms with Gasteiger partial charge in [-0.1, -0.05) is 12.1 Å². The molecule has 0 bridgehead atoms. The second-order valence-electron chi connectivity index (χ2n) is 4.06. The fraction of sp³-hybridized carbons (Fsp3) is 0.200. The lowest BCUT2D eigenvalue weighted by Crippen LogP contribution is -2.00. The van der Waals surface area contributed by atoms with E-state index in [1.165, 1.54) is 6.07 Å². The monoisotopic (exact) mass is 323 g/mol. The first-order valence-corrected chi connectivity index (χ1v) is 6.89.